The molecule has 1 saturated heterocycles. The van der Waals surface area contributed by atoms with E-state index in [1.807, 2.05) is 31.2 Å². The zero-order valence-corrected chi connectivity index (χ0v) is 23.9. The lowest BCUT2D eigenvalue weighted by molar-refractivity contribution is -0.158. The normalized spacial score (nSPS) is 22.4. The van der Waals surface area contributed by atoms with Crippen molar-refractivity contribution < 1.29 is 14.7 Å². The smallest absolute Gasteiger partial charge is 0.260 e. The summed E-state index contributed by atoms with van der Waals surface area (Å²) in [6, 6.07) is 8.21. The zero-order chi connectivity index (χ0) is 28.8. The molecule has 0 radical (unpaired) electrons. The van der Waals surface area contributed by atoms with Crippen molar-refractivity contribution in [2.45, 2.75) is 69.1 Å². The largest absolute Gasteiger partial charge is 0.374 e. The second-order valence-electron chi connectivity index (χ2n) is 12.0. The highest BCUT2D eigenvalue weighted by atomic mass is 16.3. The molecule has 7 rings (SSSR count). The molecule has 12 nitrogen and oxygen atoms in total. The summed E-state index contributed by atoms with van der Waals surface area (Å²) < 4.78 is 0. The molecule has 220 valence electrons. The van der Waals surface area contributed by atoms with Crippen LogP contribution < -0.4 is 10.2 Å². The van der Waals surface area contributed by atoms with Crippen LogP contribution in [-0.2, 0) is 15.2 Å². The number of hydrogen-bond donors (Lipinski definition) is 2. The summed E-state index contributed by atoms with van der Waals surface area (Å²) >= 11 is 0. The lowest BCUT2D eigenvalue weighted by atomic mass is 9.81. The molecule has 2 aliphatic carbocycles. The van der Waals surface area contributed by atoms with E-state index in [-0.39, 0.29) is 24.3 Å². The van der Waals surface area contributed by atoms with Crippen LogP contribution in [-0.4, -0.2) is 96.5 Å². The minimum Gasteiger partial charge on any atom is -0.374 e. The molecule has 12 heteroatoms. The fourth-order valence-electron chi connectivity index (χ4n) is 6.63. The van der Waals surface area contributed by atoms with E-state index in [9.17, 15) is 14.7 Å². The van der Waals surface area contributed by atoms with E-state index >= 15 is 0 Å². The van der Waals surface area contributed by atoms with Crippen LogP contribution in [0.25, 0.3) is 5.69 Å². The second-order valence-corrected chi connectivity index (χ2v) is 12.0. The highest BCUT2D eigenvalue weighted by molar-refractivity contribution is 6.03. The Labute approximate surface area is 244 Å². The van der Waals surface area contributed by atoms with Crippen LogP contribution >= 0.6 is 0 Å². The molecule has 3 aromatic rings. The first-order chi connectivity index (χ1) is 20.4. The van der Waals surface area contributed by atoms with Crippen LogP contribution in [0.4, 0.5) is 11.6 Å². The number of piperazine rings is 1. The number of amides is 2. The molecule has 3 fully saturated rings. The number of carbonyl (C=O) groups excluding carboxylic acids is 2. The van der Waals surface area contributed by atoms with E-state index in [0.717, 1.165) is 42.8 Å². The third-order valence-corrected chi connectivity index (χ3v) is 9.64. The van der Waals surface area contributed by atoms with Gasteiger partial charge in [-0.2, -0.15) is 15.0 Å². The number of hydrogen-bond acceptors (Lipinski definition) is 9. The Morgan fingerprint density at radius 2 is 1.64 bits per heavy atom. The summed E-state index contributed by atoms with van der Waals surface area (Å²) in [6.45, 7) is 4.12. The maximum Gasteiger partial charge on any atom is 0.260 e. The molecule has 42 heavy (non-hydrogen) atoms. The monoisotopic (exact) mass is 571 g/mol. The van der Waals surface area contributed by atoms with Gasteiger partial charge in [0.1, 0.15) is 18.0 Å². The minimum atomic E-state index is -1.69. The Morgan fingerprint density at radius 1 is 1.00 bits per heavy atom. The lowest BCUT2D eigenvalue weighted by Gasteiger charge is -2.49. The molecule has 1 unspecified atom stereocenters. The quantitative estimate of drug-likeness (QED) is 0.417. The van der Waals surface area contributed by atoms with E-state index in [2.05, 4.69) is 35.3 Å². The van der Waals surface area contributed by atoms with Crippen molar-refractivity contribution in [2.75, 3.05) is 42.9 Å². The first kappa shape index (κ1) is 27.0. The molecule has 2 aromatic heterocycles. The predicted molar refractivity (Wildman–Crippen MR) is 155 cm³/mol. The number of rotatable bonds is 8. The standard InChI is InChI=1S/C30H37N9O3/c1-20-25-26(35-28(20)40)31-19-32-27(25)36-14-16-37(17-15-36)29(41)30(42,18-38(22-4-2-5-22)23-6-3-7-23)21-8-10-24(11-9-21)39-33-12-13-34-39/h8-13,19-20,22-23,42H,2-7,14-18H2,1H3,(H,31,32,35,40)/t20?,30-/m0/s1. The van der Waals surface area contributed by atoms with Crippen molar-refractivity contribution in [3.05, 3.63) is 54.1 Å². The number of aliphatic hydroxyl groups is 1. The number of benzene rings is 1. The Balaban J connectivity index is 1.14. The highest BCUT2D eigenvalue weighted by Crippen LogP contribution is 2.39. The molecular weight excluding hydrogens is 534 g/mol. The van der Waals surface area contributed by atoms with Crippen LogP contribution in [0, 0.1) is 0 Å². The fourth-order valence-corrected chi connectivity index (χ4v) is 6.63. The Morgan fingerprint density at radius 3 is 2.24 bits per heavy atom. The number of nitrogens with one attached hydrogen (secondary N) is 1. The van der Waals surface area contributed by atoms with Crippen LogP contribution in [0.1, 0.15) is 62.5 Å². The molecule has 2 atom stereocenters. The SMILES string of the molecule is CC1C(=O)Nc2ncnc(N3CCN(C(=O)[C@](O)(CN(C4CCC4)C4CCC4)c4ccc(-n5nccn5)cc4)CC3)c21. The third-order valence-electron chi connectivity index (χ3n) is 9.64. The van der Waals surface area contributed by atoms with E-state index in [1.54, 1.807) is 17.3 Å². The fraction of sp³-hybridized carbons (Fsp3) is 0.533. The van der Waals surface area contributed by atoms with E-state index < -0.39 is 5.60 Å². The van der Waals surface area contributed by atoms with Crippen LogP contribution in [0.2, 0.25) is 0 Å². The zero-order valence-electron chi connectivity index (χ0n) is 23.9. The van der Waals surface area contributed by atoms with Crippen molar-refractivity contribution in [3.8, 4) is 5.69 Å². The maximum absolute atomic E-state index is 14.4. The van der Waals surface area contributed by atoms with E-state index in [0.29, 0.717) is 49.6 Å². The average Bonchev–Trinajstić information content (AvgIpc) is 3.59. The molecule has 2 amide bonds. The van der Waals surface area contributed by atoms with Gasteiger partial charge < -0.3 is 20.2 Å². The first-order valence-electron chi connectivity index (χ1n) is 15.1. The van der Waals surface area contributed by atoms with Crippen molar-refractivity contribution >= 4 is 23.5 Å². The molecule has 4 aliphatic rings. The van der Waals surface area contributed by atoms with Gasteiger partial charge in [-0.15, -0.1) is 0 Å². The maximum atomic E-state index is 14.4. The molecule has 0 bridgehead atoms. The van der Waals surface area contributed by atoms with Gasteiger partial charge in [0.2, 0.25) is 5.91 Å². The molecule has 4 heterocycles. The predicted octanol–water partition coefficient (Wildman–Crippen LogP) is 2.06. The van der Waals surface area contributed by atoms with Crippen LogP contribution in [0.5, 0.6) is 0 Å². The molecule has 2 N–H and O–H groups in total. The van der Waals surface area contributed by atoms with Gasteiger partial charge in [-0.1, -0.05) is 25.0 Å². The minimum absolute atomic E-state index is 0.0811. The molecule has 2 aliphatic heterocycles. The van der Waals surface area contributed by atoms with Gasteiger partial charge in [-0.05, 0) is 50.3 Å². The van der Waals surface area contributed by atoms with Gasteiger partial charge in [0.05, 0.1) is 24.0 Å². The molecule has 1 aromatic carbocycles. The number of anilines is 2. The lowest BCUT2D eigenvalue weighted by Crippen LogP contribution is -2.61. The summed E-state index contributed by atoms with van der Waals surface area (Å²) in [4.78, 5) is 43.3. The number of nitrogens with zero attached hydrogens (tertiary/aromatic N) is 8. The Hall–Kier alpha value is -3.90. The van der Waals surface area contributed by atoms with Gasteiger partial charge in [0.25, 0.3) is 5.91 Å². The summed E-state index contributed by atoms with van der Waals surface area (Å²) in [5.41, 5.74) is 0.468. The number of aromatic nitrogens is 5. The second kappa shape index (κ2) is 10.7. The summed E-state index contributed by atoms with van der Waals surface area (Å²) in [5.74, 6) is 0.615. The van der Waals surface area contributed by atoms with Crippen LogP contribution in [0.3, 0.4) is 0 Å². The summed E-state index contributed by atoms with van der Waals surface area (Å²) in [6.07, 6.45) is 11.6. The van der Waals surface area contributed by atoms with Crippen molar-refractivity contribution in [1.82, 2.24) is 34.8 Å². The molecule has 0 spiro atoms. The highest BCUT2D eigenvalue weighted by Gasteiger charge is 2.47. The summed E-state index contributed by atoms with van der Waals surface area (Å²) in [5, 5.41) is 23.7. The van der Waals surface area contributed by atoms with E-state index in [1.165, 1.54) is 24.0 Å². The number of fused-ring (bicyclic) bond motifs is 1. The first-order valence-corrected chi connectivity index (χ1v) is 15.1. The van der Waals surface area contributed by atoms with Gasteiger partial charge in [0, 0.05) is 50.4 Å². The molecular formula is C30H37N9O3. The Bertz CT molecular complexity index is 1430. The van der Waals surface area contributed by atoms with Crippen molar-refractivity contribution in [1.29, 1.82) is 0 Å². The third kappa shape index (κ3) is 4.62. The number of carbonyl (C=O) groups is 2. The van der Waals surface area contributed by atoms with Crippen LogP contribution in [0.15, 0.2) is 43.0 Å². The van der Waals surface area contributed by atoms with E-state index in [4.69, 9.17) is 0 Å². The van der Waals surface area contributed by atoms with Gasteiger partial charge in [0.15, 0.2) is 5.60 Å². The van der Waals surface area contributed by atoms with Gasteiger partial charge >= 0.3 is 0 Å². The summed E-state index contributed by atoms with van der Waals surface area (Å²) in [7, 11) is 0. The molecule has 2 saturated carbocycles. The van der Waals surface area contributed by atoms with Gasteiger partial charge in [-0.3, -0.25) is 14.5 Å². The van der Waals surface area contributed by atoms with Crippen molar-refractivity contribution in [2.24, 2.45) is 0 Å². The van der Waals surface area contributed by atoms with Gasteiger partial charge in [-0.25, -0.2) is 9.97 Å². The average molecular weight is 572 g/mol. The Kier molecular flexibility index (Phi) is 6.89. The van der Waals surface area contributed by atoms with Crippen molar-refractivity contribution in [3.63, 3.8) is 0 Å². The topological polar surface area (TPSA) is 133 Å².